The largest absolute Gasteiger partial charge is 0.410 e. The van der Waals surface area contributed by atoms with Crippen LogP contribution in [0.15, 0.2) is 53.7 Å². The van der Waals surface area contributed by atoms with Crippen LogP contribution in [0.2, 0.25) is 0 Å². The lowest BCUT2D eigenvalue weighted by Gasteiger charge is -2.27. The number of fused-ring (bicyclic) bond motifs is 2. The molecule has 2 aromatic heterocycles. The Morgan fingerprint density at radius 1 is 1.06 bits per heavy atom. The number of benzene rings is 1. The van der Waals surface area contributed by atoms with Gasteiger partial charge in [0.1, 0.15) is 17.3 Å². The molecule has 1 aliphatic heterocycles. The molecule has 1 atom stereocenters. The predicted molar refractivity (Wildman–Crippen MR) is 127 cm³/mol. The summed E-state index contributed by atoms with van der Waals surface area (Å²) in [4.78, 5) is 20.6. The van der Waals surface area contributed by atoms with Gasteiger partial charge in [0.25, 0.3) is 5.91 Å². The van der Waals surface area contributed by atoms with Crippen LogP contribution in [0.5, 0.6) is 0 Å². The Kier molecular flexibility index (Phi) is 7.00. The van der Waals surface area contributed by atoms with E-state index in [1.165, 1.54) is 0 Å². The first-order chi connectivity index (χ1) is 16.4. The molecule has 1 unspecified atom stereocenters. The number of amides is 1. The highest BCUT2D eigenvalue weighted by molar-refractivity contribution is 6.06. The zero-order valence-electron chi connectivity index (χ0n) is 19.3. The number of nitrogens with zero attached hydrogens (tertiary/aromatic N) is 2. The van der Waals surface area contributed by atoms with Crippen LogP contribution in [0.3, 0.4) is 0 Å². The highest BCUT2D eigenvalue weighted by Crippen LogP contribution is 2.29. The van der Waals surface area contributed by atoms with Gasteiger partial charge in [-0.1, -0.05) is 38.1 Å². The second-order valence-corrected chi connectivity index (χ2v) is 8.47. The van der Waals surface area contributed by atoms with E-state index in [0.717, 1.165) is 36.6 Å². The molecule has 0 radical (unpaired) electrons. The zero-order chi connectivity index (χ0) is 24.3. The molecule has 1 saturated carbocycles. The number of para-hydroxylation sites is 1. The van der Waals surface area contributed by atoms with Crippen molar-refractivity contribution < 1.29 is 18.0 Å². The van der Waals surface area contributed by atoms with Gasteiger partial charge in [-0.05, 0) is 43.9 Å². The summed E-state index contributed by atoms with van der Waals surface area (Å²) in [6.45, 7) is 3.83. The topological polar surface area (TPSA) is 74.2 Å². The average molecular weight is 474 g/mol. The number of carbonyl (C=O) groups is 1. The lowest BCUT2D eigenvalue weighted by molar-refractivity contribution is -0.142. The third-order valence-electron chi connectivity index (χ3n) is 6.33. The predicted octanol–water partition coefficient (Wildman–Crippen LogP) is 4.99. The molecule has 1 aromatic carbocycles. The minimum Gasteiger partial charge on any atom is -0.360 e. The minimum atomic E-state index is -4.30. The number of aromatic nitrogens is 2. The molecule has 2 aliphatic rings. The number of halogens is 3. The van der Waals surface area contributed by atoms with E-state index in [4.69, 9.17) is 4.99 Å². The highest BCUT2D eigenvalue weighted by atomic mass is 19.4. The van der Waals surface area contributed by atoms with Crippen molar-refractivity contribution in [2.75, 3.05) is 5.32 Å². The van der Waals surface area contributed by atoms with Crippen LogP contribution in [-0.4, -0.2) is 39.8 Å². The summed E-state index contributed by atoms with van der Waals surface area (Å²) in [7, 11) is 0. The second kappa shape index (κ2) is 9.95. The quantitative estimate of drug-likeness (QED) is 0.501. The molecule has 3 N–H and O–H groups in total. The number of alkyl halides is 3. The Morgan fingerprint density at radius 3 is 2.53 bits per heavy atom. The smallest absolute Gasteiger partial charge is 0.360 e. The van der Waals surface area contributed by atoms with E-state index in [0.29, 0.717) is 16.9 Å². The molecule has 5 rings (SSSR count). The molecule has 9 heteroatoms. The standard InChI is InChI=1S/C23H24F3N5O.C2H6/c24-23(25,26)19-13-31-20(6-3-7-21(31)30-19)28-14-8-10-15(11-9-14)29-22(32)17-12-27-18-5-2-1-4-16(17)18;1-2/h1-7,12,14-15,19,27,30H,8-11,13H2,(H,29,32);1-2H3. The first kappa shape index (κ1) is 23.9. The van der Waals surface area contributed by atoms with E-state index in [1.807, 2.05) is 38.1 Å². The maximum Gasteiger partial charge on any atom is 0.410 e. The summed E-state index contributed by atoms with van der Waals surface area (Å²) in [5, 5.41) is 6.55. The van der Waals surface area contributed by atoms with Crippen LogP contribution < -0.4 is 16.1 Å². The van der Waals surface area contributed by atoms with Crippen molar-refractivity contribution in [2.45, 2.75) is 70.4 Å². The van der Waals surface area contributed by atoms with Gasteiger partial charge in [0.05, 0.1) is 18.2 Å². The molecular formula is C25H30F3N5O. The Labute approximate surface area is 196 Å². The third-order valence-corrected chi connectivity index (χ3v) is 6.33. The van der Waals surface area contributed by atoms with Crippen LogP contribution in [-0.2, 0) is 6.54 Å². The number of hydrogen-bond donors (Lipinski definition) is 3. The molecule has 6 nitrogen and oxygen atoms in total. The zero-order valence-corrected chi connectivity index (χ0v) is 19.3. The minimum absolute atomic E-state index is 0.0279. The second-order valence-electron chi connectivity index (χ2n) is 8.47. The van der Waals surface area contributed by atoms with Crippen LogP contribution in [0.25, 0.3) is 10.9 Å². The normalized spacial score (nSPS) is 22.5. The fourth-order valence-corrected chi connectivity index (χ4v) is 4.61. The van der Waals surface area contributed by atoms with E-state index in [1.54, 1.807) is 29.0 Å². The van der Waals surface area contributed by atoms with Crippen molar-refractivity contribution >= 4 is 22.6 Å². The number of aromatic amines is 1. The molecule has 0 spiro atoms. The van der Waals surface area contributed by atoms with Crippen LogP contribution in [0, 0.1) is 0 Å². The first-order valence-corrected chi connectivity index (χ1v) is 11.8. The summed E-state index contributed by atoms with van der Waals surface area (Å²) in [6.07, 6.45) is 0.551. The molecule has 3 heterocycles. The van der Waals surface area contributed by atoms with Crippen LogP contribution in [0.1, 0.15) is 49.9 Å². The molecule has 3 aromatic rings. The SMILES string of the molecule is CC.O=C(NC1CCC(N=c2cccc3n2CC(C(F)(F)F)N3)CC1)c1c[nH]c2ccccc12. The maximum atomic E-state index is 13.1. The maximum absolute atomic E-state index is 13.1. The van der Waals surface area contributed by atoms with Crippen molar-refractivity contribution in [3.8, 4) is 0 Å². The number of pyridine rings is 1. The molecule has 34 heavy (non-hydrogen) atoms. The fourth-order valence-electron chi connectivity index (χ4n) is 4.61. The summed E-state index contributed by atoms with van der Waals surface area (Å²) in [6, 6.07) is 11.3. The Hall–Kier alpha value is -3.23. The van der Waals surface area contributed by atoms with Gasteiger partial charge in [-0.3, -0.25) is 9.79 Å². The number of rotatable bonds is 3. The lowest BCUT2D eigenvalue weighted by atomic mass is 9.91. The van der Waals surface area contributed by atoms with Crippen molar-refractivity contribution in [3.63, 3.8) is 0 Å². The van der Waals surface area contributed by atoms with E-state index in [-0.39, 0.29) is 24.5 Å². The van der Waals surface area contributed by atoms with Crippen molar-refractivity contribution in [3.05, 3.63) is 59.7 Å². The molecule has 0 saturated heterocycles. The van der Waals surface area contributed by atoms with Crippen molar-refractivity contribution in [1.29, 1.82) is 0 Å². The molecule has 182 valence electrons. The number of hydrogen-bond acceptors (Lipinski definition) is 3. The molecule has 1 fully saturated rings. The van der Waals surface area contributed by atoms with E-state index >= 15 is 0 Å². The van der Waals surface area contributed by atoms with Gasteiger partial charge in [-0.25, -0.2) is 0 Å². The highest BCUT2D eigenvalue weighted by Gasteiger charge is 2.43. The van der Waals surface area contributed by atoms with E-state index in [9.17, 15) is 18.0 Å². The van der Waals surface area contributed by atoms with Crippen molar-refractivity contribution in [2.24, 2.45) is 4.99 Å². The number of nitrogens with one attached hydrogen (secondary N) is 3. The Morgan fingerprint density at radius 2 is 1.79 bits per heavy atom. The average Bonchev–Trinajstić information content (AvgIpc) is 3.47. The molecule has 1 aliphatic carbocycles. The van der Waals surface area contributed by atoms with Gasteiger partial charge in [-0.15, -0.1) is 0 Å². The van der Waals surface area contributed by atoms with Gasteiger partial charge in [0, 0.05) is 23.1 Å². The van der Waals surface area contributed by atoms with Gasteiger partial charge < -0.3 is 20.2 Å². The fraction of sp³-hybridized carbons (Fsp3) is 0.440. The Balaban J connectivity index is 0.00000133. The van der Waals surface area contributed by atoms with E-state index < -0.39 is 12.2 Å². The van der Waals surface area contributed by atoms with Crippen molar-refractivity contribution in [1.82, 2.24) is 14.9 Å². The Bertz CT molecular complexity index is 1200. The van der Waals surface area contributed by atoms with Gasteiger partial charge in [0.15, 0.2) is 0 Å². The number of anilines is 1. The molecule has 0 bridgehead atoms. The summed E-state index contributed by atoms with van der Waals surface area (Å²) >= 11 is 0. The number of carbonyl (C=O) groups excluding carboxylic acids is 1. The molecular weight excluding hydrogens is 443 g/mol. The summed E-state index contributed by atoms with van der Waals surface area (Å²) in [5.41, 5.74) is 2.12. The van der Waals surface area contributed by atoms with Gasteiger partial charge in [0.2, 0.25) is 0 Å². The van der Waals surface area contributed by atoms with Gasteiger partial charge >= 0.3 is 6.18 Å². The monoisotopic (exact) mass is 473 g/mol. The van der Waals surface area contributed by atoms with E-state index in [2.05, 4.69) is 15.6 Å². The number of H-pyrrole nitrogens is 1. The lowest BCUT2D eigenvalue weighted by Crippen LogP contribution is -2.39. The summed E-state index contributed by atoms with van der Waals surface area (Å²) < 4.78 is 40.9. The van der Waals surface area contributed by atoms with Crippen LogP contribution in [0.4, 0.5) is 19.0 Å². The first-order valence-electron chi connectivity index (χ1n) is 11.8. The molecule has 1 amide bonds. The van der Waals surface area contributed by atoms with Gasteiger partial charge in [-0.2, -0.15) is 13.2 Å². The summed E-state index contributed by atoms with van der Waals surface area (Å²) in [5.74, 6) is 0.344. The van der Waals surface area contributed by atoms with Crippen LogP contribution >= 0.6 is 0 Å². The third kappa shape index (κ3) is 4.98.